The number of hydrogen-bond acceptors (Lipinski definition) is 25. The smallest absolute Gasteiger partial charge is 0.326 e. The molecule has 4 aromatic heterocycles. The van der Waals surface area contributed by atoms with Crippen LogP contribution in [-0.2, 0) is 74.4 Å². The molecule has 4 amide bonds. The number of aromatic amines is 2. The first-order valence-corrected chi connectivity index (χ1v) is 36.8. The number of aliphatic carboxylic acids is 4. The summed E-state index contributed by atoms with van der Waals surface area (Å²) in [6.45, 7) is 7.07. The van der Waals surface area contributed by atoms with E-state index >= 15 is 0 Å². The Morgan fingerprint density at radius 3 is 1.31 bits per heavy atom. The maximum atomic E-state index is 13.3. The van der Waals surface area contributed by atoms with Crippen molar-refractivity contribution in [3.8, 4) is 0 Å². The number of esters is 1. The van der Waals surface area contributed by atoms with Crippen molar-refractivity contribution in [1.82, 2.24) is 50.5 Å². The number of fused-ring (bicyclic) bond motifs is 2. The molecule has 2 aromatic carbocycles. The van der Waals surface area contributed by atoms with Gasteiger partial charge in [-0.15, -0.1) is 0 Å². The molecule has 536 valence electrons. The third-order valence-electron chi connectivity index (χ3n) is 16.0. The average molecular weight is 1430 g/mol. The first-order valence-electron chi connectivity index (χ1n) is 31.8. The van der Waals surface area contributed by atoms with Gasteiger partial charge in [-0.05, 0) is 113 Å². The second-order valence-corrected chi connectivity index (χ2v) is 29.9. The van der Waals surface area contributed by atoms with Gasteiger partial charge in [-0.1, -0.05) is 19.3 Å². The van der Waals surface area contributed by atoms with Gasteiger partial charge in [0.2, 0.25) is 23.7 Å². The van der Waals surface area contributed by atoms with Gasteiger partial charge in [0.25, 0.3) is 22.9 Å². The Morgan fingerprint density at radius 2 is 0.930 bits per heavy atom. The number of Topliss-reactive ketones (excluding diaryl/α,β-unsaturated/α-hetero) is 1. The van der Waals surface area contributed by atoms with Crippen molar-refractivity contribution >= 4 is 120 Å². The minimum Gasteiger partial charge on any atom is -0.481 e. The number of carbonyl (C=O) groups is 10. The van der Waals surface area contributed by atoms with Crippen molar-refractivity contribution in [2.45, 2.75) is 128 Å². The second-order valence-electron chi connectivity index (χ2n) is 24.4. The highest BCUT2D eigenvalue weighted by molar-refractivity contribution is 7.57. The van der Waals surface area contributed by atoms with E-state index in [-0.39, 0.29) is 110 Å². The van der Waals surface area contributed by atoms with Crippen molar-refractivity contribution in [2.75, 3.05) is 67.7 Å². The topological polar surface area (TPSA) is 529 Å². The number of nitrogens with zero attached hydrogens (tertiary/aromatic N) is 6. The van der Waals surface area contributed by atoms with Crippen molar-refractivity contribution < 1.29 is 91.3 Å². The Labute approximate surface area is 569 Å². The normalized spacial score (nSPS) is 14.2. The van der Waals surface area contributed by atoms with Gasteiger partial charge in [0.15, 0.2) is 37.1 Å². The van der Waals surface area contributed by atoms with Crippen LogP contribution in [0, 0.1) is 10.8 Å². The van der Waals surface area contributed by atoms with E-state index in [2.05, 4.69) is 71.8 Å². The molecular formula is C63H78N14O21P2. The van der Waals surface area contributed by atoms with Gasteiger partial charge < -0.3 is 55.5 Å². The number of H-pyrrole nitrogens is 2. The summed E-state index contributed by atoms with van der Waals surface area (Å²) in [6.07, 6.45) is 7.30. The van der Waals surface area contributed by atoms with Crippen LogP contribution in [0.2, 0.25) is 0 Å². The molecule has 2 fully saturated rings. The zero-order chi connectivity index (χ0) is 73.0. The minimum atomic E-state index is -2.59. The molecule has 0 spiro atoms. The fourth-order valence-electron chi connectivity index (χ4n) is 10.1. The van der Waals surface area contributed by atoms with Crippen molar-refractivity contribution in [2.24, 2.45) is 10.8 Å². The largest absolute Gasteiger partial charge is 0.481 e. The Hall–Kier alpha value is -10.2. The lowest BCUT2D eigenvalue weighted by Gasteiger charge is -2.38. The number of hydrogen-bond donors (Lipinski definition) is 12. The number of nitrogens with one attached hydrogen (secondary N) is 8. The van der Waals surface area contributed by atoms with Crippen LogP contribution in [0.25, 0.3) is 22.3 Å². The SMILES string of the molecule is CP(C)(=O)OCCCCCC(=O)C1(C(=O)Nc2nc3ncc(CNc4ccc(C(=O)N[C@H](CCC(=O)O)C(=O)O)cc4)nc3c(=O)[nH]2)CCC1.CP(C)(=O)OCCCCOC(=O)C1(C(=O)Nc2nc3ncc(CNc4ccc(C(=O)N[C@H](CCC(=O)O)C(=O)O)cc4)nc3c(=O)[nH]2)CCC1. The lowest BCUT2D eigenvalue weighted by atomic mass is 9.64. The quantitative estimate of drug-likeness (QED) is 0.00987. The predicted octanol–water partition coefficient (Wildman–Crippen LogP) is 5.53. The Kier molecular flexibility index (Phi) is 27.0. The molecule has 2 aliphatic carbocycles. The van der Waals surface area contributed by atoms with Crippen molar-refractivity contribution in [1.29, 1.82) is 0 Å². The molecule has 0 bridgehead atoms. The van der Waals surface area contributed by atoms with Crippen LogP contribution in [0.1, 0.15) is 135 Å². The van der Waals surface area contributed by atoms with Crippen LogP contribution in [0.15, 0.2) is 70.5 Å². The van der Waals surface area contributed by atoms with E-state index in [9.17, 15) is 76.9 Å². The molecular weight excluding hydrogens is 1350 g/mol. The molecule has 12 N–H and O–H groups in total. The number of carboxylic acids is 4. The fourth-order valence-corrected chi connectivity index (χ4v) is 11.3. The van der Waals surface area contributed by atoms with E-state index in [0.717, 1.165) is 6.42 Å². The summed E-state index contributed by atoms with van der Waals surface area (Å²) >= 11 is 0. The van der Waals surface area contributed by atoms with E-state index in [0.29, 0.717) is 80.7 Å². The zero-order valence-electron chi connectivity index (χ0n) is 55.1. The molecule has 100 heavy (non-hydrogen) atoms. The second kappa shape index (κ2) is 35.0. The lowest BCUT2D eigenvalue weighted by molar-refractivity contribution is -0.166. The number of carboxylic acid groups (broad SMARTS) is 4. The number of ether oxygens (including phenoxy) is 1. The zero-order valence-corrected chi connectivity index (χ0v) is 56.9. The molecule has 8 rings (SSSR count). The van der Waals surface area contributed by atoms with Crippen LogP contribution in [-0.4, -0.2) is 178 Å². The molecule has 0 radical (unpaired) electrons. The van der Waals surface area contributed by atoms with E-state index in [4.69, 9.17) is 24.0 Å². The Balaban J connectivity index is 0.000000281. The number of rotatable bonds is 37. The number of unbranched alkanes of at least 4 members (excludes halogenated alkanes) is 3. The predicted molar refractivity (Wildman–Crippen MR) is 359 cm³/mol. The van der Waals surface area contributed by atoms with Gasteiger partial charge in [-0.25, -0.2) is 29.5 Å². The number of anilines is 4. The summed E-state index contributed by atoms with van der Waals surface area (Å²) in [5, 5.41) is 52.0. The van der Waals surface area contributed by atoms with Gasteiger partial charge in [0, 0.05) is 68.4 Å². The van der Waals surface area contributed by atoms with Crippen LogP contribution < -0.4 is 43.0 Å². The third kappa shape index (κ3) is 22.4. The van der Waals surface area contributed by atoms with Crippen LogP contribution in [0.3, 0.4) is 0 Å². The van der Waals surface area contributed by atoms with Gasteiger partial charge in [0.1, 0.15) is 28.7 Å². The molecule has 2 atom stereocenters. The molecule has 0 aliphatic heterocycles. The molecule has 2 saturated carbocycles. The summed E-state index contributed by atoms with van der Waals surface area (Å²) in [4.78, 5) is 178. The third-order valence-corrected chi connectivity index (χ3v) is 17.6. The molecule has 4 heterocycles. The average Bonchev–Trinajstić information content (AvgIpc) is 0.776. The summed E-state index contributed by atoms with van der Waals surface area (Å²) in [6, 6.07) is 9.40. The molecule has 0 saturated heterocycles. The first kappa shape index (κ1) is 77.1. The molecule has 0 unspecified atom stereocenters. The van der Waals surface area contributed by atoms with Crippen LogP contribution in [0.4, 0.5) is 23.3 Å². The number of aromatic nitrogens is 8. The van der Waals surface area contributed by atoms with Gasteiger partial charge in [-0.2, -0.15) is 9.97 Å². The minimum absolute atomic E-state index is 0.00824. The Bertz CT molecular complexity index is 3980. The first-order chi connectivity index (χ1) is 47.3. The van der Waals surface area contributed by atoms with E-state index < -0.39 is 115 Å². The summed E-state index contributed by atoms with van der Waals surface area (Å²) in [5.41, 5.74) is -1.88. The number of amides is 4. The van der Waals surface area contributed by atoms with E-state index in [1.54, 1.807) is 37.6 Å². The highest BCUT2D eigenvalue weighted by Crippen LogP contribution is 2.45. The summed E-state index contributed by atoms with van der Waals surface area (Å²) in [5.74, 6) is -8.77. The van der Waals surface area contributed by atoms with Gasteiger partial charge in [0.05, 0.1) is 56.7 Å². The number of ketones is 1. The standard InChI is InChI=1S/C32H40N7O10P.C31H38N7O11P/c1-50(2,48)49-16-5-3-4-7-23(40)32(14-6-15-32)30(47)39-31-37-26-25(28(44)38-31)35-21(18-34-26)17-33-20-10-8-19(9-11-20)27(43)36-22(29(45)46)12-13-24(41)42;1-50(2,47)49-15-4-3-14-48-29(46)31(12-5-13-31)28(45)38-30-36-24-23(26(42)37-30)34-20(17-33-24)16-32-19-8-6-18(7-9-19)25(41)35-21(27(43)44)10-11-22(39)40/h8-11,18,22,33H,3-7,12-17H2,1-2H3,(H,36,43)(H,41,42)(H,45,46)(H2,34,37,38,39,44,47);6-9,17,21,32H,3-5,10-16H2,1-2H3,(H,35,41)(H,39,40)(H,43,44)(H2,33,36,37,38,42,45)/t22-;21-/m11/s1. The number of benzene rings is 2. The summed E-state index contributed by atoms with van der Waals surface area (Å²) in [7, 11) is -5.13. The van der Waals surface area contributed by atoms with E-state index in [1.807, 2.05) is 0 Å². The maximum Gasteiger partial charge on any atom is 0.326 e. The van der Waals surface area contributed by atoms with E-state index in [1.165, 1.54) is 50.0 Å². The lowest BCUT2D eigenvalue weighted by Crippen LogP contribution is -2.49. The van der Waals surface area contributed by atoms with Crippen LogP contribution in [0.5, 0.6) is 0 Å². The summed E-state index contributed by atoms with van der Waals surface area (Å²) < 4.78 is 39.1. The molecule has 2 aliphatic rings. The van der Waals surface area contributed by atoms with Crippen molar-refractivity contribution in [3.05, 3.63) is 104 Å². The maximum absolute atomic E-state index is 13.3. The Morgan fingerprint density at radius 1 is 0.530 bits per heavy atom. The van der Waals surface area contributed by atoms with Gasteiger partial charge in [-0.3, -0.25) is 77.7 Å². The molecule has 37 heteroatoms. The number of carbonyl (C=O) groups excluding carboxylic acids is 6. The van der Waals surface area contributed by atoms with Gasteiger partial charge >= 0.3 is 29.8 Å². The molecule has 6 aromatic rings. The fraction of sp³-hybridized carbons (Fsp3) is 0.460. The van der Waals surface area contributed by atoms with Crippen molar-refractivity contribution in [3.63, 3.8) is 0 Å². The highest BCUT2D eigenvalue weighted by Gasteiger charge is 2.53. The van der Waals surface area contributed by atoms with Crippen LogP contribution >= 0.6 is 14.7 Å². The monoisotopic (exact) mass is 1430 g/mol. The molecule has 35 nitrogen and oxygen atoms in total. The highest BCUT2D eigenvalue weighted by atomic mass is 31.2.